The normalized spacial score (nSPS) is 19.1. The van der Waals surface area contributed by atoms with E-state index in [0.29, 0.717) is 6.61 Å². The van der Waals surface area contributed by atoms with Crippen molar-refractivity contribution in [3.63, 3.8) is 0 Å². The molecule has 1 atom stereocenters. The molecule has 1 rings (SSSR count). The predicted octanol–water partition coefficient (Wildman–Crippen LogP) is 0.608. The van der Waals surface area contributed by atoms with Crippen molar-refractivity contribution in [3.8, 4) is 0 Å². The van der Waals surface area contributed by atoms with Crippen LogP contribution in [0.3, 0.4) is 0 Å². The van der Waals surface area contributed by atoms with Gasteiger partial charge in [0, 0.05) is 42.8 Å². The zero-order valence-electron chi connectivity index (χ0n) is 9.80. The number of carbonyl (C=O) groups is 2. The van der Waals surface area contributed by atoms with Crippen LogP contribution in [0.2, 0.25) is 0 Å². The third kappa shape index (κ3) is 5.74. The van der Waals surface area contributed by atoms with Gasteiger partial charge in [-0.3, -0.25) is 4.90 Å². The Morgan fingerprint density at radius 3 is 2.65 bits per heavy atom. The number of carboxylic acid groups (broad SMARTS) is 1. The van der Waals surface area contributed by atoms with E-state index >= 15 is 0 Å². The molecule has 0 spiro atoms. The van der Waals surface area contributed by atoms with Gasteiger partial charge in [-0.1, -0.05) is 0 Å². The lowest BCUT2D eigenvalue weighted by molar-refractivity contribution is -0.140. The highest BCUT2D eigenvalue weighted by Gasteiger charge is 2.17. The van der Waals surface area contributed by atoms with Crippen molar-refractivity contribution < 1.29 is 19.4 Å². The van der Waals surface area contributed by atoms with E-state index in [4.69, 9.17) is 9.84 Å². The molecule has 1 unspecified atom stereocenters. The van der Waals surface area contributed by atoms with Crippen LogP contribution in [0.4, 0.5) is 0 Å². The van der Waals surface area contributed by atoms with Gasteiger partial charge in [-0.15, -0.1) is 0 Å². The molecular weight excluding hydrogens is 242 g/mol. The quantitative estimate of drug-likeness (QED) is 0.576. The largest absolute Gasteiger partial charge is 0.478 e. The van der Waals surface area contributed by atoms with Crippen LogP contribution in [-0.2, 0) is 14.3 Å². The highest BCUT2D eigenvalue weighted by atomic mass is 32.2. The molecule has 6 heteroatoms. The Balaban J connectivity index is 2.24. The third-order valence-electron chi connectivity index (χ3n) is 2.50. The zero-order chi connectivity index (χ0) is 12.7. The van der Waals surface area contributed by atoms with Crippen LogP contribution in [0, 0.1) is 0 Å². The minimum Gasteiger partial charge on any atom is -0.478 e. The van der Waals surface area contributed by atoms with Crippen LogP contribution < -0.4 is 0 Å². The lowest BCUT2D eigenvalue weighted by Crippen LogP contribution is -2.42. The summed E-state index contributed by atoms with van der Waals surface area (Å²) in [5.74, 6) is 0.461. The molecule has 0 saturated carbocycles. The first-order chi connectivity index (χ1) is 8.09. The molecule has 0 radical (unpaired) electrons. The van der Waals surface area contributed by atoms with E-state index in [1.54, 1.807) is 0 Å². The topological polar surface area (TPSA) is 66.8 Å². The van der Waals surface area contributed by atoms with Crippen LogP contribution in [-0.4, -0.2) is 59.2 Å². The Hall–Kier alpha value is -1.01. The first kappa shape index (κ1) is 14.1. The summed E-state index contributed by atoms with van der Waals surface area (Å²) >= 11 is 1.93. The Morgan fingerprint density at radius 1 is 1.41 bits per heavy atom. The number of thioether (sulfide) groups is 1. The predicted molar refractivity (Wildman–Crippen MR) is 66.1 cm³/mol. The standard InChI is InChI=1S/C11H17NO4S/c1-9(12-4-6-17-7-5-12)8-16-11(15)3-2-10(13)14/h2-3,9H,4-8H2,1H3,(H,13,14). The fourth-order valence-electron chi connectivity index (χ4n) is 1.51. The minimum absolute atomic E-state index is 0.179. The number of carbonyl (C=O) groups excluding carboxylic acids is 1. The van der Waals surface area contributed by atoms with Crippen LogP contribution in [0.5, 0.6) is 0 Å². The van der Waals surface area contributed by atoms with Crippen LogP contribution in [0.15, 0.2) is 12.2 Å². The molecule has 0 bridgehead atoms. The second kappa shape index (κ2) is 7.34. The van der Waals surface area contributed by atoms with Gasteiger partial charge < -0.3 is 9.84 Å². The molecule has 1 N–H and O–H groups in total. The zero-order valence-corrected chi connectivity index (χ0v) is 10.6. The number of ether oxygens (including phenoxy) is 1. The molecule has 0 amide bonds. The van der Waals surface area contributed by atoms with Gasteiger partial charge in [0.15, 0.2) is 0 Å². The molecule has 0 aromatic carbocycles. The van der Waals surface area contributed by atoms with Crippen LogP contribution >= 0.6 is 11.8 Å². The van der Waals surface area contributed by atoms with Gasteiger partial charge in [-0.2, -0.15) is 11.8 Å². The molecule has 1 aliphatic rings. The molecule has 5 nitrogen and oxygen atoms in total. The lowest BCUT2D eigenvalue weighted by atomic mass is 10.3. The van der Waals surface area contributed by atoms with Crippen molar-refractivity contribution in [2.45, 2.75) is 13.0 Å². The molecule has 0 aliphatic carbocycles. The number of aliphatic carboxylic acids is 1. The first-order valence-electron chi connectivity index (χ1n) is 5.49. The van der Waals surface area contributed by atoms with E-state index in [1.807, 2.05) is 18.7 Å². The summed E-state index contributed by atoms with van der Waals surface area (Å²) in [6, 6.07) is 0.179. The Bertz CT molecular complexity index is 300. The number of hydrogen-bond donors (Lipinski definition) is 1. The van der Waals surface area contributed by atoms with Gasteiger partial charge in [-0.25, -0.2) is 9.59 Å². The van der Waals surface area contributed by atoms with E-state index in [0.717, 1.165) is 36.7 Å². The number of esters is 1. The summed E-state index contributed by atoms with van der Waals surface area (Å²) in [5, 5.41) is 8.34. The van der Waals surface area contributed by atoms with Gasteiger partial charge in [0.2, 0.25) is 0 Å². The third-order valence-corrected chi connectivity index (χ3v) is 3.44. The van der Waals surface area contributed by atoms with E-state index < -0.39 is 11.9 Å². The number of hydrogen-bond acceptors (Lipinski definition) is 5. The second-order valence-corrected chi connectivity index (χ2v) is 5.02. The molecule has 0 aromatic heterocycles. The fourth-order valence-corrected chi connectivity index (χ4v) is 2.45. The summed E-state index contributed by atoms with van der Waals surface area (Å²) in [6.45, 7) is 4.32. The SMILES string of the molecule is CC(COC(=O)C=CC(=O)O)N1CCSCC1. The fraction of sp³-hybridized carbons (Fsp3) is 0.636. The lowest BCUT2D eigenvalue weighted by Gasteiger charge is -2.31. The van der Waals surface area contributed by atoms with Crippen molar-refractivity contribution in [2.24, 2.45) is 0 Å². The average Bonchev–Trinajstić information content (AvgIpc) is 2.34. The highest BCUT2D eigenvalue weighted by molar-refractivity contribution is 7.99. The van der Waals surface area contributed by atoms with E-state index in [1.165, 1.54) is 0 Å². The maximum atomic E-state index is 11.1. The molecule has 96 valence electrons. The van der Waals surface area contributed by atoms with Gasteiger partial charge in [0.1, 0.15) is 6.61 Å². The van der Waals surface area contributed by atoms with Crippen molar-refractivity contribution in [3.05, 3.63) is 12.2 Å². The number of rotatable bonds is 5. The summed E-state index contributed by atoms with van der Waals surface area (Å²) in [4.78, 5) is 23.6. The summed E-state index contributed by atoms with van der Waals surface area (Å²) in [7, 11) is 0. The van der Waals surface area contributed by atoms with Crippen molar-refractivity contribution in [1.82, 2.24) is 4.90 Å². The molecule has 1 heterocycles. The average molecular weight is 259 g/mol. The van der Waals surface area contributed by atoms with Gasteiger partial charge in [0.05, 0.1) is 0 Å². The summed E-state index contributed by atoms with van der Waals surface area (Å²) < 4.78 is 4.97. The van der Waals surface area contributed by atoms with Crippen LogP contribution in [0.1, 0.15) is 6.92 Å². The Kier molecular flexibility index (Phi) is 6.07. The smallest absolute Gasteiger partial charge is 0.331 e. The van der Waals surface area contributed by atoms with Gasteiger partial charge >= 0.3 is 11.9 Å². The summed E-state index contributed by atoms with van der Waals surface area (Å²) in [5.41, 5.74) is 0. The van der Waals surface area contributed by atoms with Gasteiger partial charge in [0.25, 0.3) is 0 Å². The molecule has 1 aliphatic heterocycles. The molecule has 1 saturated heterocycles. The number of carboxylic acids is 1. The van der Waals surface area contributed by atoms with Crippen molar-refractivity contribution in [1.29, 1.82) is 0 Å². The highest BCUT2D eigenvalue weighted by Crippen LogP contribution is 2.12. The minimum atomic E-state index is -1.15. The molecule has 17 heavy (non-hydrogen) atoms. The van der Waals surface area contributed by atoms with Crippen molar-refractivity contribution >= 4 is 23.7 Å². The van der Waals surface area contributed by atoms with Gasteiger partial charge in [-0.05, 0) is 6.92 Å². The van der Waals surface area contributed by atoms with E-state index in [9.17, 15) is 9.59 Å². The van der Waals surface area contributed by atoms with Crippen molar-refractivity contribution in [2.75, 3.05) is 31.2 Å². The number of nitrogens with zero attached hydrogens (tertiary/aromatic N) is 1. The molecule has 1 fully saturated rings. The second-order valence-electron chi connectivity index (χ2n) is 3.80. The van der Waals surface area contributed by atoms with E-state index in [2.05, 4.69) is 4.90 Å². The Labute approximate surface area is 105 Å². The summed E-state index contributed by atoms with van der Waals surface area (Å²) in [6.07, 6.45) is 1.71. The first-order valence-corrected chi connectivity index (χ1v) is 6.64. The van der Waals surface area contributed by atoms with Crippen LogP contribution in [0.25, 0.3) is 0 Å². The molecule has 0 aromatic rings. The maximum absolute atomic E-state index is 11.1. The Morgan fingerprint density at radius 2 is 2.06 bits per heavy atom. The monoisotopic (exact) mass is 259 g/mol. The molecular formula is C11H17NO4S. The van der Waals surface area contributed by atoms with E-state index in [-0.39, 0.29) is 6.04 Å². The maximum Gasteiger partial charge on any atom is 0.331 e.